The molecular formula is C13H22O2. The van der Waals surface area contributed by atoms with Gasteiger partial charge in [-0.25, -0.2) is 0 Å². The van der Waals surface area contributed by atoms with Crippen LogP contribution in [0.3, 0.4) is 0 Å². The summed E-state index contributed by atoms with van der Waals surface area (Å²) in [6.07, 6.45) is 15.2. The Morgan fingerprint density at radius 2 is 1.80 bits per heavy atom. The molecule has 0 aromatic rings. The van der Waals surface area contributed by atoms with Crippen molar-refractivity contribution in [2.75, 3.05) is 0 Å². The first kappa shape index (κ1) is 13.9. The van der Waals surface area contributed by atoms with Crippen molar-refractivity contribution in [3.63, 3.8) is 0 Å². The molecule has 0 aromatic heterocycles. The molecule has 0 radical (unpaired) electrons. The first-order chi connectivity index (χ1) is 7.27. The van der Waals surface area contributed by atoms with E-state index in [2.05, 4.69) is 24.3 Å². The van der Waals surface area contributed by atoms with Crippen LogP contribution < -0.4 is 0 Å². The summed E-state index contributed by atoms with van der Waals surface area (Å²) in [5.41, 5.74) is 0. The lowest BCUT2D eigenvalue weighted by Gasteiger charge is -1.96. The van der Waals surface area contributed by atoms with Gasteiger partial charge in [-0.3, -0.25) is 4.79 Å². The van der Waals surface area contributed by atoms with Crippen molar-refractivity contribution in [3.05, 3.63) is 24.3 Å². The molecule has 0 rings (SSSR count). The molecule has 0 atom stereocenters. The average molecular weight is 210 g/mol. The third-order valence-corrected chi connectivity index (χ3v) is 2.19. The number of carbonyl (C=O) groups is 1. The Hall–Kier alpha value is -1.05. The van der Waals surface area contributed by atoms with Crippen LogP contribution >= 0.6 is 0 Å². The zero-order chi connectivity index (χ0) is 11.4. The number of aliphatic carboxylic acids is 1. The molecular weight excluding hydrogens is 188 g/mol. The Morgan fingerprint density at radius 1 is 1.07 bits per heavy atom. The summed E-state index contributed by atoms with van der Waals surface area (Å²) in [7, 11) is 0. The second-order valence-electron chi connectivity index (χ2n) is 3.62. The van der Waals surface area contributed by atoms with E-state index in [0.717, 1.165) is 32.1 Å². The maximum atomic E-state index is 10.2. The van der Waals surface area contributed by atoms with Gasteiger partial charge < -0.3 is 5.11 Å². The van der Waals surface area contributed by atoms with E-state index in [1.54, 1.807) is 0 Å². The van der Waals surface area contributed by atoms with E-state index in [0.29, 0.717) is 6.42 Å². The molecule has 0 fully saturated rings. The highest BCUT2D eigenvalue weighted by Crippen LogP contribution is 2.06. The molecule has 0 aliphatic carbocycles. The molecule has 0 saturated carbocycles. The Kier molecular flexibility index (Phi) is 10.3. The Balaban J connectivity index is 3.11. The third-order valence-electron chi connectivity index (χ3n) is 2.19. The van der Waals surface area contributed by atoms with Gasteiger partial charge >= 0.3 is 5.97 Å². The minimum Gasteiger partial charge on any atom is -0.481 e. The normalized spacial score (nSPS) is 11.5. The van der Waals surface area contributed by atoms with Crippen molar-refractivity contribution >= 4 is 5.97 Å². The van der Waals surface area contributed by atoms with E-state index < -0.39 is 5.97 Å². The van der Waals surface area contributed by atoms with E-state index in [1.807, 2.05) is 6.92 Å². The number of hydrogen-bond donors (Lipinski definition) is 1. The fourth-order valence-electron chi connectivity index (χ4n) is 1.32. The molecule has 0 spiro atoms. The highest BCUT2D eigenvalue weighted by Gasteiger charge is 1.95. The number of rotatable bonds is 9. The van der Waals surface area contributed by atoms with Crippen LogP contribution in [0.1, 0.15) is 51.9 Å². The fourth-order valence-corrected chi connectivity index (χ4v) is 1.32. The summed E-state index contributed by atoms with van der Waals surface area (Å²) in [6.45, 7) is 2.02. The number of allylic oxidation sites excluding steroid dienone is 4. The summed E-state index contributed by atoms with van der Waals surface area (Å²) in [5.74, 6) is -0.679. The molecule has 0 amide bonds. The van der Waals surface area contributed by atoms with Gasteiger partial charge in [0.15, 0.2) is 0 Å². The first-order valence-corrected chi connectivity index (χ1v) is 5.75. The summed E-state index contributed by atoms with van der Waals surface area (Å²) < 4.78 is 0. The van der Waals surface area contributed by atoms with Gasteiger partial charge in [-0.2, -0.15) is 0 Å². The molecule has 0 heterocycles. The highest BCUT2D eigenvalue weighted by molar-refractivity contribution is 5.66. The monoisotopic (exact) mass is 210 g/mol. The molecule has 2 nitrogen and oxygen atoms in total. The zero-order valence-corrected chi connectivity index (χ0v) is 9.61. The number of carboxylic acid groups (broad SMARTS) is 1. The van der Waals surface area contributed by atoms with E-state index >= 15 is 0 Å². The maximum Gasteiger partial charge on any atom is 0.303 e. The van der Waals surface area contributed by atoms with E-state index in [4.69, 9.17) is 5.11 Å². The van der Waals surface area contributed by atoms with Crippen molar-refractivity contribution in [2.24, 2.45) is 0 Å². The zero-order valence-electron chi connectivity index (χ0n) is 9.61. The van der Waals surface area contributed by atoms with Gasteiger partial charge in [0.05, 0.1) is 0 Å². The van der Waals surface area contributed by atoms with Crippen LogP contribution in [0, 0.1) is 0 Å². The molecule has 0 unspecified atom stereocenters. The summed E-state index contributed by atoms with van der Waals surface area (Å²) >= 11 is 0. The lowest BCUT2D eigenvalue weighted by atomic mass is 10.1. The fraction of sp³-hybridized carbons (Fsp3) is 0.615. The molecule has 0 aliphatic heterocycles. The van der Waals surface area contributed by atoms with Crippen molar-refractivity contribution < 1.29 is 9.90 Å². The van der Waals surface area contributed by atoms with Gasteiger partial charge in [0, 0.05) is 6.42 Å². The Morgan fingerprint density at radius 3 is 2.47 bits per heavy atom. The van der Waals surface area contributed by atoms with Crippen molar-refractivity contribution in [1.82, 2.24) is 0 Å². The molecule has 0 aliphatic rings. The van der Waals surface area contributed by atoms with Crippen LogP contribution in [0.5, 0.6) is 0 Å². The standard InChI is InChI=1S/C13H22O2/c1-2-3-4-5-6-7-8-9-10-11-12-13(14)15/h2-3,5-6H,4,7-12H2,1H3,(H,14,15)/b3-2+,6-5+. The van der Waals surface area contributed by atoms with Crippen LogP contribution in [0.15, 0.2) is 24.3 Å². The predicted molar refractivity (Wildman–Crippen MR) is 63.9 cm³/mol. The Labute approximate surface area is 92.7 Å². The lowest BCUT2D eigenvalue weighted by Crippen LogP contribution is -1.93. The van der Waals surface area contributed by atoms with Crippen LogP contribution in [0.25, 0.3) is 0 Å². The summed E-state index contributed by atoms with van der Waals surface area (Å²) in [5, 5.41) is 8.42. The highest BCUT2D eigenvalue weighted by atomic mass is 16.4. The Bertz CT molecular complexity index is 205. The molecule has 0 bridgehead atoms. The molecule has 0 saturated heterocycles. The molecule has 2 heteroatoms. The number of carboxylic acids is 1. The van der Waals surface area contributed by atoms with E-state index in [1.165, 1.54) is 6.42 Å². The van der Waals surface area contributed by atoms with Crippen LogP contribution in [-0.4, -0.2) is 11.1 Å². The smallest absolute Gasteiger partial charge is 0.303 e. The van der Waals surface area contributed by atoms with Crippen molar-refractivity contribution in [1.29, 1.82) is 0 Å². The number of hydrogen-bond acceptors (Lipinski definition) is 1. The third kappa shape index (κ3) is 12.9. The second-order valence-corrected chi connectivity index (χ2v) is 3.62. The largest absolute Gasteiger partial charge is 0.481 e. The summed E-state index contributed by atoms with van der Waals surface area (Å²) in [4.78, 5) is 10.2. The van der Waals surface area contributed by atoms with Gasteiger partial charge in [-0.1, -0.05) is 37.1 Å². The summed E-state index contributed by atoms with van der Waals surface area (Å²) in [6, 6.07) is 0. The second kappa shape index (κ2) is 11.0. The average Bonchev–Trinajstić information content (AvgIpc) is 2.20. The first-order valence-electron chi connectivity index (χ1n) is 5.75. The van der Waals surface area contributed by atoms with Gasteiger partial charge in [-0.15, -0.1) is 0 Å². The van der Waals surface area contributed by atoms with E-state index in [9.17, 15) is 4.79 Å². The molecule has 1 N–H and O–H groups in total. The quantitative estimate of drug-likeness (QED) is 0.462. The SMILES string of the molecule is C/C=C/C/C=C/CCCCCCC(=O)O. The molecule has 15 heavy (non-hydrogen) atoms. The van der Waals surface area contributed by atoms with Gasteiger partial charge in [0.25, 0.3) is 0 Å². The predicted octanol–water partition coefficient (Wildman–Crippen LogP) is 3.93. The van der Waals surface area contributed by atoms with Crippen LogP contribution in [0.2, 0.25) is 0 Å². The lowest BCUT2D eigenvalue weighted by molar-refractivity contribution is -0.137. The maximum absolute atomic E-state index is 10.2. The molecule has 86 valence electrons. The van der Waals surface area contributed by atoms with Gasteiger partial charge in [0.2, 0.25) is 0 Å². The van der Waals surface area contributed by atoms with Crippen LogP contribution in [-0.2, 0) is 4.79 Å². The van der Waals surface area contributed by atoms with Gasteiger partial charge in [-0.05, 0) is 32.6 Å². The van der Waals surface area contributed by atoms with Crippen molar-refractivity contribution in [2.45, 2.75) is 51.9 Å². The van der Waals surface area contributed by atoms with E-state index in [-0.39, 0.29) is 0 Å². The minimum absolute atomic E-state index is 0.317. The molecule has 0 aromatic carbocycles. The van der Waals surface area contributed by atoms with Crippen molar-refractivity contribution in [3.8, 4) is 0 Å². The topological polar surface area (TPSA) is 37.3 Å². The van der Waals surface area contributed by atoms with Crippen LogP contribution in [0.4, 0.5) is 0 Å². The number of unbranched alkanes of at least 4 members (excludes halogenated alkanes) is 4. The van der Waals surface area contributed by atoms with Gasteiger partial charge in [0.1, 0.15) is 0 Å². The minimum atomic E-state index is -0.679.